The van der Waals surface area contributed by atoms with Crippen molar-refractivity contribution >= 4 is 17.4 Å². The summed E-state index contributed by atoms with van der Waals surface area (Å²) in [6.07, 6.45) is 11.5. The van der Waals surface area contributed by atoms with Crippen LogP contribution in [0.25, 0.3) is 5.57 Å². The highest BCUT2D eigenvalue weighted by Crippen LogP contribution is 2.32. The van der Waals surface area contributed by atoms with Crippen LogP contribution in [0.1, 0.15) is 38.4 Å². The molecule has 122 valence electrons. The molecule has 0 spiro atoms. The summed E-state index contributed by atoms with van der Waals surface area (Å²) in [7, 11) is 1.67. The maximum Gasteiger partial charge on any atom is 0.231 e. The van der Waals surface area contributed by atoms with Crippen LogP contribution in [-0.4, -0.2) is 29.4 Å². The molecule has 5 nitrogen and oxygen atoms in total. The van der Waals surface area contributed by atoms with Gasteiger partial charge in [-0.25, -0.2) is 4.99 Å². The molecule has 2 unspecified atom stereocenters. The second-order valence-electron chi connectivity index (χ2n) is 6.63. The van der Waals surface area contributed by atoms with Crippen LogP contribution in [0.3, 0.4) is 0 Å². The van der Waals surface area contributed by atoms with Crippen LogP contribution in [0.2, 0.25) is 0 Å². The van der Waals surface area contributed by atoms with E-state index >= 15 is 0 Å². The van der Waals surface area contributed by atoms with Crippen LogP contribution < -0.4 is 5.73 Å². The molecule has 2 atom stereocenters. The van der Waals surface area contributed by atoms with E-state index in [0.29, 0.717) is 18.3 Å². The predicted molar refractivity (Wildman–Crippen MR) is 90.6 cm³/mol. The first-order chi connectivity index (χ1) is 11.0. The van der Waals surface area contributed by atoms with Gasteiger partial charge in [-0.15, -0.1) is 0 Å². The Hall–Kier alpha value is -2.30. The summed E-state index contributed by atoms with van der Waals surface area (Å²) in [5.41, 5.74) is 6.59. The Morgan fingerprint density at radius 3 is 3.04 bits per heavy atom. The molecule has 0 saturated heterocycles. The summed E-state index contributed by atoms with van der Waals surface area (Å²) in [5.74, 6) is 1.69. The summed E-state index contributed by atoms with van der Waals surface area (Å²) < 4.78 is 5.47. The quantitative estimate of drug-likeness (QED) is 0.929. The minimum absolute atomic E-state index is 0.0374. The number of aliphatic imine (C=N–C) groups is 1. The number of hydrogen-bond acceptors (Lipinski definition) is 4. The number of carbonyl (C=O) groups excluding carboxylic acids is 1. The zero-order valence-electron chi connectivity index (χ0n) is 13.7. The third-order valence-corrected chi connectivity index (χ3v) is 4.65. The van der Waals surface area contributed by atoms with E-state index in [9.17, 15) is 4.79 Å². The van der Waals surface area contributed by atoms with E-state index in [4.69, 9.17) is 10.2 Å². The molecule has 5 heteroatoms. The highest BCUT2D eigenvalue weighted by molar-refractivity contribution is 5.98. The molecule has 0 bridgehead atoms. The maximum absolute atomic E-state index is 12.0. The Bertz CT molecular complexity index is 672. The predicted octanol–water partition coefficient (Wildman–Crippen LogP) is 2.95. The van der Waals surface area contributed by atoms with Crippen molar-refractivity contribution in [3.05, 3.63) is 42.4 Å². The molecular weight excluding hydrogens is 290 g/mol. The standard InChI is InChI=1S/C18H23N3O2/c1-18(12-16(22)21(2)17(19)20-18)9-8-13-5-3-6-14(11-13)15-7-4-10-23-15/h3-4,6-7,10-11,13H,5,8-9,12H2,1-2H3,(H2,19,20). The van der Waals surface area contributed by atoms with E-state index in [1.807, 2.05) is 19.1 Å². The van der Waals surface area contributed by atoms with Crippen LogP contribution in [0.4, 0.5) is 0 Å². The molecule has 0 fully saturated rings. The monoisotopic (exact) mass is 313 g/mol. The van der Waals surface area contributed by atoms with Gasteiger partial charge in [-0.1, -0.05) is 18.2 Å². The lowest BCUT2D eigenvalue weighted by Gasteiger charge is -2.34. The summed E-state index contributed by atoms with van der Waals surface area (Å²) in [6, 6.07) is 3.87. The van der Waals surface area contributed by atoms with Gasteiger partial charge in [0.05, 0.1) is 18.2 Å². The lowest BCUT2D eigenvalue weighted by atomic mass is 9.84. The molecule has 1 aliphatic carbocycles. The highest BCUT2D eigenvalue weighted by Gasteiger charge is 2.34. The second kappa shape index (κ2) is 6.07. The fraction of sp³-hybridized carbons (Fsp3) is 0.444. The molecule has 0 saturated carbocycles. The Labute approximate surface area is 136 Å². The minimum atomic E-state index is -0.395. The van der Waals surface area contributed by atoms with Gasteiger partial charge in [0.25, 0.3) is 0 Å². The van der Waals surface area contributed by atoms with Crippen LogP contribution in [-0.2, 0) is 4.79 Å². The molecule has 2 heterocycles. The van der Waals surface area contributed by atoms with E-state index < -0.39 is 5.54 Å². The first kappa shape index (κ1) is 15.6. The topological polar surface area (TPSA) is 71.8 Å². The largest absolute Gasteiger partial charge is 0.464 e. The normalized spacial score (nSPS) is 27.8. The van der Waals surface area contributed by atoms with Gasteiger partial charge in [0.1, 0.15) is 5.76 Å². The van der Waals surface area contributed by atoms with Crippen LogP contribution in [0, 0.1) is 5.92 Å². The fourth-order valence-corrected chi connectivity index (χ4v) is 3.16. The van der Waals surface area contributed by atoms with E-state index in [-0.39, 0.29) is 5.91 Å². The van der Waals surface area contributed by atoms with E-state index in [0.717, 1.165) is 30.6 Å². The number of rotatable bonds is 4. The fourth-order valence-electron chi connectivity index (χ4n) is 3.16. The van der Waals surface area contributed by atoms with Gasteiger partial charge in [-0.3, -0.25) is 9.69 Å². The number of nitrogens with zero attached hydrogens (tertiary/aromatic N) is 2. The third-order valence-electron chi connectivity index (χ3n) is 4.65. The molecule has 0 radical (unpaired) electrons. The Morgan fingerprint density at radius 2 is 2.35 bits per heavy atom. The van der Waals surface area contributed by atoms with Crippen LogP contribution in [0.5, 0.6) is 0 Å². The Kier molecular flexibility index (Phi) is 4.11. The molecule has 2 aliphatic rings. The van der Waals surface area contributed by atoms with Gasteiger partial charge in [0.15, 0.2) is 5.96 Å². The van der Waals surface area contributed by atoms with E-state index in [1.54, 1.807) is 13.3 Å². The Morgan fingerprint density at radius 1 is 1.52 bits per heavy atom. The Balaban J connectivity index is 1.67. The highest BCUT2D eigenvalue weighted by atomic mass is 16.3. The first-order valence-electron chi connectivity index (χ1n) is 8.01. The summed E-state index contributed by atoms with van der Waals surface area (Å²) >= 11 is 0. The lowest BCUT2D eigenvalue weighted by molar-refractivity contribution is -0.128. The van der Waals surface area contributed by atoms with Gasteiger partial charge in [0.2, 0.25) is 5.91 Å². The van der Waals surface area contributed by atoms with Crippen molar-refractivity contribution in [1.82, 2.24) is 4.90 Å². The molecule has 1 aliphatic heterocycles. The molecule has 0 aromatic carbocycles. The lowest BCUT2D eigenvalue weighted by Crippen LogP contribution is -2.48. The van der Waals surface area contributed by atoms with Crippen molar-refractivity contribution in [2.45, 2.75) is 38.1 Å². The van der Waals surface area contributed by atoms with Crippen molar-refractivity contribution in [2.24, 2.45) is 16.6 Å². The zero-order valence-corrected chi connectivity index (χ0v) is 13.7. The average Bonchev–Trinajstić information content (AvgIpc) is 3.06. The van der Waals surface area contributed by atoms with Gasteiger partial charge >= 0.3 is 0 Å². The van der Waals surface area contributed by atoms with Crippen molar-refractivity contribution in [3.63, 3.8) is 0 Å². The first-order valence-corrected chi connectivity index (χ1v) is 8.01. The average molecular weight is 313 g/mol. The van der Waals surface area contributed by atoms with E-state index in [2.05, 4.69) is 23.2 Å². The minimum Gasteiger partial charge on any atom is -0.464 e. The number of allylic oxidation sites excluding steroid dienone is 4. The SMILES string of the molecule is CN1C(=O)CC(C)(CCC2C=C(c3ccco3)C=CC2)N=C1N. The van der Waals surface area contributed by atoms with Crippen molar-refractivity contribution < 1.29 is 9.21 Å². The van der Waals surface area contributed by atoms with Crippen LogP contribution >= 0.6 is 0 Å². The van der Waals surface area contributed by atoms with Gasteiger partial charge in [-0.2, -0.15) is 0 Å². The molecule has 1 aromatic heterocycles. The van der Waals surface area contributed by atoms with Gasteiger partial charge < -0.3 is 10.2 Å². The zero-order chi connectivity index (χ0) is 16.4. The summed E-state index contributed by atoms with van der Waals surface area (Å²) in [5, 5.41) is 0. The number of carbonyl (C=O) groups is 1. The molecule has 2 N–H and O–H groups in total. The number of amides is 1. The summed E-state index contributed by atoms with van der Waals surface area (Å²) in [6.45, 7) is 2.01. The second-order valence-corrected chi connectivity index (χ2v) is 6.63. The number of nitrogens with two attached hydrogens (primary N) is 1. The maximum atomic E-state index is 12.0. The van der Waals surface area contributed by atoms with Crippen molar-refractivity contribution in [1.29, 1.82) is 0 Å². The molecule has 23 heavy (non-hydrogen) atoms. The third kappa shape index (κ3) is 3.38. The van der Waals surface area contributed by atoms with Gasteiger partial charge in [-0.05, 0) is 44.2 Å². The van der Waals surface area contributed by atoms with Crippen molar-refractivity contribution in [3.8, 4) is 0 Å². The number of furan rings is 1. The van der Waals surface area contributed by atoms with Gasteiger partial charge in [0, 0.05) is 12.6 Å². The van der Waals surface area contributed by atoms with Crippen molar-refractivity contribution in [2.75, 3.05) is 7.05 Å². The number of hydrogen-bond donors (Lipinski definition) is 1. The number of guanidine groups is 1. The molecule has 1 amide bonds. The van der Waals surface area contributed by atoms with Crippen LogP contribution in [0.15, 0.2) is 46.0 Å². The smallest absolute Gasteiger partial charge is 0.231 e. The summed E-state index contributed by atoms with van der Waals surface area (Å²) in [4.78, 5) is 18.0. The molecule has 3 rings (SSSR count). The molecule has 1 aromatic rings. The molecular formula is C18H23N3O2. The van der Waals surface area contributed by atoms with E-state index in [1.165, 1.54) is 4.90 Å².